The SMILES string of the molecule is CC/C=C\C/C=C\C/C=C\C/C=C\C/C=C\CCCC(=O)N[C@@H](C)C(=O)O. The molecule has 0 aliphatic rings. The molecule has 0 fully saturated rings. The number of carbonyl (C=O) groups excluding carboxylic acids is 1. The molecule has 0 aliphatic heterocycles. The molecule has 0 unspecified atom stereocenters. The van der Waals surface area contributed by atoms with Crippen molar-refractivity contribution in [1.29, 1.82) is 0 Å². The van der Waals surface area contributed by atoms with Crippen LogP contribution in [0.5, 0.6) is 0 Å². The van der Waals surface area contributed by atoms with Gasteiger partial charge in [0.1, 0.15) is 6.04 Å². The lowest BCUT2D eigenvalue weighted by Gasteiger charge is -2.08. The van der Waals surface area contributed by atoms with Crippen LogP contribution in [0.4, 0.5) is 0 Å². The first-order valence-corrected chi connectivity index (χ1v) is 9.85. The highest BCUT2D eigenvalue weighted by atomic mass is 16.4. The minimum atomic E-state index is -1.01. The van der Waals surface area contributed by atoms with Crippen molar-refractivity contribution < 1.29 is 14.7 Å². The molecular formula is C23H35NO3. The number of unbranched alkanes of at least 4 members (excludes halogenated alkanes) is 1. The Bertz CT molecular complexity index is 542. The Morgan fingerprint density at radius 3 is 1.70 bits per heavy atom. The fourth-order valence-electron chi connectivity index (χ4n) is 2.12. The highest BCUT2D eigenvalue weighted by molar-refractivity contribution is 5.83. The fraction of sp³-hybridized carbons (Fsp3) is 0.478. The highest BCUT2D eigenvalue weighted by Gasteiger charge is 2.12. The molecule has 0 saturated heterocycles. The summed E-state index contributed by atoms with van der Waals surface area (Å²) in [6.07, 6.45) is 28.3. The summed E-state index contributed by atoms with van der Waals surface area (Å²) in [6.45, 7) is 3.60. The van der Waals surface area contributed by atoms with Crippen LogP contribution in [0, 0.1) is 0 Å². The third-order valence-electron chi connectivity index (χ3n) is 3.68. The van der Waals surface area contributed by atoms with Crippen LogP contribution in [-0.4, -0.2) is 23.0 Å². The van der Waals surface area contributed by atoms with Crippen molar-refractivity contribution in [3.63, 3.8) is 0 Å². The van der Waals surface area contributed by atoms with Crippen LogP contribution in [0.2, 0.25) is 0 Å². The van der Waals surface area contributed by atoms with E-state index in [9.17, 15) is 9.59 Å². The van der Waals surface area contributed by atoms with Gasteiger partial charge in [-0.3, -0.25) is 9.59 Å². The van der Waals surface area contributed by atoms with Gasteiger partial charge in [0.2, 0.25) is 5.91 Å². The zero-order valence-corrected chi connectivity index (χ0v) is 16.8. The monoisotopic (exact) mass is 373 g/mol. The van der Waals surface area contributed by atoms with Crippen LogP contribution in [0.1, 0.15) is 65.2 Å². The van der Waals surface area contributed by atoms with Gasteiger partial charge >= 0.3 is 5.97 Å². The number of hydrogen-bond donors (Lipinski definition) is 2. The number of rotatable bonds is 15. The maximum atomic E-state index is 11.5. The molecule has 0 rings (SSSR count). The van der Waals surface area contributed by atoms with E-state index in [4.69, 9.17) is 5.11 Å². The number of carboxylic acid groups (broad SMARTS) is 1. The van der Waals surface area contributed by atoms with Crippen molar-refractivity contribution in [1.82, 2.24) is 5.32 Å². The van der Waals surface area contributed by atoms with E-state index in [1.54, 1.807) is 0 Å². The molecule has 0 aromatic rings. The molecule has 0 spiro atoms. The number of aliphatic carboxylic acids is 1. The van der Waals surface area contributed by atoms with Crippen molar-refractivity contribution in [3.8, 4) is 0 Å². The summed E-state index contributed by atoms with van der Waals surface area (Å²) in [5.74, 6) is -1.22. The van der Waals surface area contributed by atoms with E-state index < -0.39 is 12.0 Å². The predicted molar refractivity (Wildman–Crippen MR) is 114 cm³/mol. The van der Waals surface area contributed by atoms with Crippen LogP contribution in [0.25, 0.3) is 0 Å². The minimum Gasteiger partial charge on any atom is -0.480 e. The highest BCUT2D eigenvalue weighted by Crippen LogP contribution is 2.00. The second-order valence-corrected chi connectivity index (χ2v) is 6.23. The van der Waals surface area contributed by atoms with Crippen molar-refractivity contribution >= 4 is 11.9 Å². The number of amides is 1. The van der Waals surface area contributed by atoms with E-state index in [0.717, 1.165) is 44.9 Å². The third-order valence-corrected chi connectivity index (χ3v) is 3.68. The summed E-state index contributed by atoms with van der Waals surface area (Å²) in [5.41, 5.74) is 0. The lowest BCUT2D eigenvalue weighted by atomic mass is 10.2. The summed E-state index contributed by atoms with van der Waals surface area (Å²) < 4.78 is 0. The summed E-state index contributed by atoms with van der Waals surface area (Å²) in [4.78, 5) is 22.1. The first-order valence-electron chi connectivity index (χ1n) is 9.85. The number of hydrogen-bond acceptors (Lipinski definition) is 2. The zero-order chi connectivity index (χ0) is 20.2. The van der Waals surface area contributed by atoms with E-state index in [0.29, 0.717) is 6.42 Å². The first kappa shape index (κ1) is 24.6. The summed E-state index contributed by atoms with van der Waals surface area (Å²) in [6, 6.07) is -0.828. The Morgan fingerprint density at radius 1 is 0.815 bits per heavy atom. The van der Waals surface area contributed by atoms with E-state index >= 15 is 0 Å². The predicted octanol–water partition coefficient (Wildman–Crippen LogP) is 5.50. The van der Waals surface area contributed by atoms with E-state index in [1.165, 1.54) is 6.92 Å². The van der Waals surface area contributed by atoms with Gasteiger partial charge in [0.05, 0.1) is 0 Å². The third kappa shape index (κ3) is 18.2. The number of carbonyl (C=O) groups is 2. The number of carboxylic acids is 1. The van der Waals surface area contributed by atoms with Crippen molar-refractivity contribution in [2.75, 3.05) is 0 Å². The maximum absolute atomic E-state index is 11.5. The molecule has 150 valence electrons. The molecule has 2 N–H and O–H groups in total. The molecule has 0 heterocycles. The van der Waals surface area contributed by atoms with Crippen LogP contribution in [0.15, 0.2) is 60.8 Å². The Hall–Kier alpha value is -2.36. The molecule has 0 aliphatic carbocycles. The van der Waals surface area contributed by atoms with Crippen molar-refractivity contribution in [2.45, 2.75) is 71.3 Å². The Balaban J connectivity index is 3.60. The normalized spacial score (nSPS) is 13.6. The smallest absolute Gasteiger partial charge is 0.325 e. The van der Waals surface area contributed by atoms with Gasteiger partial charge in [0.25, 0.3) is 0 Å². The standard InChI is InChI=1S/C23H35NO3/c1-3-4-5-6-7-8-9-10-11-12-13-14-15-16-17-18-19-20-22(25)24-21(2)23(26)27/h4-5,7-8,10-11,13-14,16-17,21H,3,6,9,12,15,18-20H2,1-2H3,(H,24,25)(H,26,27)/b5-4-,8-7-,11-10-,14-13-,17-16-/t21-/m0/s1. The molecule has 1 amide bonds. The lowest BCUT2D eigenvalue weighted by Crippen LogP contribution is -2.38. The molecule has 4 heteroatoms. The zero-order valence-electron chi connectivity index (χ0n) is 16.8. The van der Waals surface area contributed by atoms with Crippen LogP contribution < -0.4 is 5.32 Å². The molecule has 27 heavy (non-hydrogen) atoms. The van der Waals surface area contributed by atoms with E-state index in [1.807, 2.05) is 0 Å². The second-order valence-electron chi connectivity index (χ2n) is 6.23. The molecule has 0 saturated carbocycles. The van der Waals surface area contributed by atoms with Gasteiger partial charge in [-0.05, 0) is 51.9 Å². The van der Waals surface area contributed by atoms with Gasteiger partial charge < -0.3 is 10.4 Å². The van der Waals surface area contributed by atoms with Gasteiger partial charge in [-0.25, -0.2) is 0 Å². The Morgan fingerprint density at radius 2 is 1.26 bits per heavy atom. The summed E-state index contributed by atoms with van der Waals surface area (Å²) in [5, 5.41) is 11.2. The molecule has 4 nitrogen and oxygen atoms in total. The average molecular weight is 374 g/mol. The maximum Gasteiger partial charge on any atom is 0.325 e. The quantitative estimate of drug-likeness (QED) is 0.294. The minimum absolute atomic E-state index is 0.211. The Kier molecular flexibility index (Phi) is 16.8. The van der Waals surface area contributed by atoms with E-state index in [-0.39, 0.29) is 5.91 Å². The first-order chi connectivity index (χ1) is 13.1. The van der Waals surface area contributed by atoms with Gasteiger partial charge in [0.15, 0.2) is 0 Å². The average Bonchev–Trinajstić information content (AvgIpc) is 2.64. The molecule has 0 aromatic carbocycles. The van der Waals surface area contributed by atoms with Crippen LogP contribution in [0.3, 0.4) is 0 Å². The van der Waals surface area contributed by atoms with Gasteiger partial charge in [-0.15, -0.1) is 0 Å². The largest absolute Gasteiger partial charge is 0.480 e. The molecule has 0 bridgehead atoms. The van der Waals surface area contributed by atoms with Crippen molar-refractivity contribution in [3.05, 3.63) is 60.8 Å². The lowest BCUT2D eigenvalue weighted by molar-refractivity contribution is -0.141. The van der Waals surface area contributed by atoms with E-state index in [2.05, 4.69) is 73.0 Å². The van der Waals surface area contributed by atoms with Gasteiger partial charge in [-0.1, -0.05) is 67.7 Å². The molecule has 1 atom stereocenters. The molecule has 0 radical (unpaired) electrons. The van der Waals surface area contributed by atoms with Gasteiger partial charge in [-0.2, -0.15) is 0 Å². The number of allylic oxidation sites excluding steroid dienone is 10. The molecule has 0 aromatic heterocycles. The number of nitrogens with one attached hydrogen (secondary N) is 1. The summed E-state index contributed by atoms with van der Waals surface area (Å²) in [7, 11) is 0. The van der Waals surface area contributed by atoms with Crippen molar-refractivity contribution in [2.24, 2.45) is 0 Å². The second kappa shape index (κ2) is 18.4. The van der Waals surface area contributed by atoms with Gasteiger partial charge in [0, 0.05) is 6.42 Å². The molecular weight excluding hydrogens is 338 g/mol. The topological polar surface area (TPSA) is 66.4 Å². The Labute approximate surface area is 164 Å². The van der Waals surface area contributed by atoms with Crippen LogP contribution in [-0.2, 0) is 9.59 Å². The van der Waals surface area contributed by atoms with Crippen LogP contribution >= 0.6 is 0 Å². The fourth-order valence-corrected chi connectivity index (χ4v) is 2.12. The summed E-state index contributed by atoms with van der Waals surface area (Å²) >= 11 is 0.